The van der Waals surface area contributed by atoms with Gasteiger partial charge in [-0.05, 0) is 30.9 Å². The number of carbonyl (C=O) groups is 1. The Balaban J connectivity index is 3.02. The fraction of sp³-hybridized carbons (Fsp3) is 0.364. The Morgan fingerprint density at radius 1 is 1.50 bits per heavy atom. The smallest absolute Gasteiger partial charge is 0.137 e. The molecule has 1 aromatic rings. The summed E-state index contributed by atoms with van der Waals surface area (Å²) < 4.78 is 13.3. The molecule has 0 radical (unpaired) electrons. The molecule has 1 rings (SSSR count). The Bertz CT molecular complexity index is 349. The maximum atomic E-state index is 13.3. The highest BCUT2D eigenvalue weighted by Gasteiger charge is 2.12. The number of thioether (sulfide) groups is 1. The van der Waals surface area contributed by atoms with Crippen LogP contribution in [0.2, 0.25) is 0 Å². The molecule has 0 spiro atoms. The van der Waals surface area contributed by atoms with Gasteiger partial charge < -0.3 is 0 Å². The second-order valence-corrected chi connectivity index (χ2v) is 4.07. The number of hydrogen-bond donors (Lipinski definition) is 0. The molecular weight excluding hydrogens is 199 g/mol. The number of ketones is 1. The number of halogens is 1. The third-order valence-corrected chi connectivity index (χ3v) is 3.06. The zero-order valence-electron chi connectivity index (χ0n) is 8.50. The van der Waals surface area contributed by atoms with E-state index in [0.29, 0.717) is 4.90 Å². The molecule has 0 bridgehead atoms. The minimum atomic E-state index is -0.247. The molecule has 0 saturated carbocycles. The van der Waals surface area contributed by atoms with Gasteiger partial charge in [0.05, 0.1) is 0 Å². The van der Waals surface area contributed by atoms with Crippen LogP contribution in [0.1, 0.15) is 25.3 Å². The first kappa shape index (κ1) is 11.2. The minimum absolute atomic E-state index is 0.0568. The lowest BCUT2D eigenvalue weighted by Gasteiger charge is -2.09. The maximum absolute atomic E-state index is 13.3. The van der Waals surface area contributed by atoms with Gasteiger partial charge in [-0.1, -0.05) is 13.0 Å². The number of hydrogen-bond acceptors (Lipinski definition) is 2. The van der Waals surface area contributed by atoms with Gasteiger partial charge in [-0.3, -0.25) is 4.79 Å². The summed E-state index contributed by atoms with van der Waals surface area (Å²) in [5.41, 5.74) is 0.743. The van der Waals surface area contributed by atoms with Crippen molar-refractivity contribution in [3.05, 3.63) is 29.6 Å². The van der Waals surface area contributed by atoms with E-state index < -0.39 is 0 Å². The second kappa shape index (κ2) is 4.60. The Morgan fingerprint density at radius 2 is 2.14 bits per heavy atom. The second-order valence-electron chi connectivity index (χ2n) is 3.23. The van der Waals surface area contributed by atoms with Gasteiger partial charge in [-0.25, -0.2) is 4.39 Å². The first-order chi connectivity index (χ1) is 6.56. The normalized spacial score (nSPS) is 12.6. The van der Waals surface area contributed by atoms with Gasteiger partial charge in [0.25, 0.3) is 0 Å². The third kappa shape index (κ3) is 2.35. The van der Waals surface area contributed by atoms with Crippen LogP contribution in [0.4, 0.5) is 4.39 Å². The molecule has 1 unspecified atom stereocenters. The Morgan fingerprint density at radius 3 is 2.57 bits per heavy atom. The van der Waals surface area contributed by atoms with Crippen LogP contribution in [0.15, 0.2) is 23.1 Å². The van der Waals surface area contributed by atoms with E-state index in [0.717, 1.165) is 5.56 Å². The summed E-state index contributed by atoms with van der Waals surface area (Å²) in [6.07, 6.45) is 1.83. The maximum Gasteiger partial charge on any atom is 0.137 e. The van der Waals surface area contributed by atoms with Crippen molar-refractivity contribution in [3.63, 3.8) is 0 Å². The van der Waals surface area contributed by atoms with Crippen LogP contribution < -0.4 is 0 Å². The summed E-state index contributed by atoms with van der Waals surface area (Å²) in [5.74, 6) is -0.412. The van der Waals surface area contributed by atoms with Crippen molar-refractivity contribution in [3.8, 4) is 0 Å². The van der Waals surface area contributed by atoms with Crippen molar-refractivity contribution in [1.29, 1.82) is 0 Å². The SMILES string of the molecule is CSc1ccc(C(C)C(C)=O)cc1F. The summed E-state index contributed by atoms with van der Waals surface area (Å²) in [4.78, 5) is 11.7. The van der Waals surface area contributed by atoms with Crippen LogP contribution in [0.3, 0.4) is 0 Å². The lowest BCUT2D eigenvalue weighted by atomic mass is 9.98. The third-order valence-electron chi connectivity index (χ3n) is 2.29. The molecule has 3 heteroatoms. The molecule has 0 fully saturated rings. The fourth-order valence-electron chi connectivity index (χ4n) is 1.19. The summed E-state index contributed by atoms with van der Waals surface area (Å²) >= 11 is 1.36. The van der Waals surface area contributed by atoms with E-state index in [2.05, 4.69) is 0 Å². The van der Waals surface area contributed by atoms with Crippen molar-refractivity contribution < 1.29 is 9.18 Å². The highest BCUT2D eigenvalue weighted by Crippen LogP contribution is 2.24. The van der Waals surface area contributed by atoms with E-state index in [1.165, 1.54) is 24.8 Å². The van der Waals surface area contributed by atoms with Crippen LogP contribution in [-0.4, -0.2) is 12.0 Å². The molecule has 0 N–H and O–H groups in total. The Kier molecular flexibility index (Phi) is 3.69. The highest BCUT2D eigenvalue weighted by molar-refractivity contribution is 7.98. The lowest BCUT2D eigenvalue weighted by molar-refractivity contribution is -0.118. The molecule has 14 heavy (non-hydrogen) atoms. The predicted octanol–water partition coefficient (Wildman–Crippen LogP) is 3.24. The summed E-state index contributed by atoms with van der Waals surface area (Å²) in [5, 5.41) is 0. The van der Waals surface area contributed by atoms with Gasteiger partial charge in [0.1, 0.15) is 11.6 Å². The van der Waals surface area contributed by atoms with Gasteiger partial charge in [0.2, 0.25) is 0 Å². The van der Waals surface area contributed by atoms with Crippen LogP contribution >= 0.6 is 11.8 Å². The largest absolute Gasteiger partial charge is 0.299 e. The quantitative estimate of drug-likeness (QED) is 0.715. The molecule has 1 atom stereocenters. The standard InChI is InChI=1S/C11H13FOS/c1-7(8(2)13)9-4-5-11(14-3)10(12)6-9/h4-7H,1-3H3. The van der Waals surface area contributed by atoms with Gasteiger partial charge in [0.15, 0.2) is 0 Å². The minimum Gasteiger partial charge on any atom is -0.299 e. The Hall–Kier alpha value is -0.830. The molecule has 0 aromatic heterocycles. The summed E-state index contributed by atoms with van der Waals surface area (Å²) in [7, 11) is 0. The van der Waals surface area contributed by atoms with Gasteiger partial charge in [-0.2, -0.15) is 0 Å². The topological polar surface area (TPSA) is 17.1 Å². The lowest BCUT2D eigenvalue weighted by Crippen LogP contribution is -2.04. The monoisotopic (exact) mass is 212 g/mol. The van der Waals surface area contributed by atoms with Gasteiger partial charge in [0, 0.05) is 10.8 Å². The van der Waals surface area contributed by atoms with Gasteiger partial charge >= 0.3 is 0 Å². The first-order valence-electron chi connectivity index (χ1n) is 4.40. The van der Waals surface area contributed by atoms with Crippen molar-refractivity contribution in [2.45, 2.75) is 24.7 Å². The number of rotatable bonds is 3. The molecule has 1 aromatic carbocycles. The zero-order valence-corrected chi connectivity index (χ0v) is 9.32. The predicted molar refractivity (Wildman–Crippen MR) is 57.3 cm³/mol. The molecule has 0 aliphatic carbocycles. The first-order valence-corrected chi connectivity index (χ1v) is 5.62. The van der Waals surface area contributed by atoms with Crippen molar-refractivity contribution in [2.75, 3.05) is 6.26 Å². The van der Waals surface area contributed by atoms with Crippen molar-refractivity contribution in [1.82, 2.24) is 0 Å². The fourth-order valence-corrected chi connectivity index (χ4v) is 1.64. The van der Waals surface area contributed by atoms with E-state index in [1.54, 1.807) is 19.1 Å². The molecule has 0 aliphatic heterocycles. The number of Topliss-reactive ketones (excluding diaryl/α,β-unsaturated/α-hetero) is 1. The van der Waals surface area contributed by atoms with E-state index in [1.807, 2.05) is 6.26 Å². The summed E-state index contributed by atoms with van der Waals surface area (Å²) in [6, 6.07) is 4.97. The van der Waals surface area contributed by atoms with Crippen molar-refractivity contribution in [2.24, 2.45) is 0 Å². The van der Waals surface area contributed by atoms with E-state index in [9.17, 15) is 9.18 Å². The molecule has 0 aliphatic rings. The van der Waals surface area contributed by atoms with Crippen molar-refractivity contribution >= 4 is 17.5 Å². The average Bonchev–Trinajstić information content (AvgIpc) is 2.16. The molecule has 0 saturated heterocycles. The number of benzene rings is 1. The molecule has 0 heterocycles. The summed E-state index contributed by atoms with van der Waals surface area (Å²) in [6.45, 7) is 3.31. The van der Waals surface area contributed by atoms with Crippen LogP contribution in [0.25, 0.3) is 0 Å². The van der Waals surface area contributed by atoms with Crippen LogP contribution in [0, 0.1) is 5.82 Å². The molecule has 76 valence electrons. The molecular formula is C11H13FOS. The Labute approximate surface area is 87.7 Å². The number of carbonyl (C=O) groups excluding carboxylic acids is 1. The zero-order chi connectivity index (χ0) is 10.7. The highest BCUT2D eigenvalue weighted by atomic mass is 32.2. The van der Waals surface area contributed by atoms with Crippen LogP contribution in [0.5, 0.6) is 0 Å². The van der Waals surface area contributed by atoms with E-state index >= 15 is 0 Å². The van der Waals surface area contributed by atoms with E-state index in [-0.39, 0.29) is 17.5 Å². The van der Waals surface area contributed by atoms with E-state index in [4.69, 9.17) is 0 Å². The molecule has 0 amide bonds. The molecule has 1 nitrogen and oxygen atoms in total. The van der Waals surface area contributed by atoms with Gasteiger partial charge in [-0.15, -0.1) is 11.8 Å². The average molecular weight is 212 g/mol. The van der Waals surface area contributed by atoms with Crippen LogP contribution in [-0.2, 0) is 4.79 Å².